The van der Waals surface area contributed by atoms with Gasteiger partial charge in [0.2, 0.25) is 5.69 Å². The first-order chi connectivity index (χ1) is 23.6. The lowest BCUT2D eigenvalue weighted by atomic mass is 9.81. The Balaban J connectivity index is 1.73. The lowest BCUT2D eigenvalue weighted by molar-refractivity contribution is -0.434. The van der Waals surface area contributed by atoms with E-state index in [2.05, 4.69) is 0 Å². The van der Waals surface area contributed by atoms with Gasteiger partial charge in [-0.15, -0.1) is 0 Å². The van der Waals surface area contributed by atoms with E-state index in [9.17, 15) is 51.9 Å². The average molecular weight is 806 g/mol. The van der Waals surface area contributed by atoms with E-state index in [1.54, 1.807) is 58.9 Å². The first-order valence-electron chi connectivity index (χ1n) is 15.3. The molecule has 0 saturated carbocycles. The Bertz CT molecular complexity index is 2450. The first-order valence-corrected chi connectivity index (χ1v) is 21.3. The Hall–Kier alpha value is -3.63. The fourth-order valence-corrected chi connectivity index (χ4v) is 8.12. The molecule has 0 aromatic heterocycles. The van der Waals surface area contributed by atoms with E-state index in [0.717, 1.165) is 12.1 Å². The van der Waals surface area contributed by atoms with Crippen LogP contribution in [0.25, 0.3) is 0 Å². The summed E-state index contributed by atoms with van der Waals surface area (Å²) in [5, 5.41) is 0. The van der Waals surface area contributed by atoms with Crippen molar-refractivity contribution >= 4 is 57.6 Å². The number of allylic oxidation sites excluding steroid dienone is 8. The smallest absolute Gasteiger partial charge is 0.294 e. The number of hydrogen-bond acceptors (Lipinski definition) is 9. The minimum Gasteiger partial charge on any atom is -0.340 e. The molecule has 4 N–H and O–H groups in total. The van der Waals surface area contributed by atoms with Gasteiger partial charge in [0.15, 0.2) is 18.1 Å². The predicted molar refractivity (Wildman–Crippen MR) is 189 cm³/mol. The van der Waals surface area contributed by atoms with Gasteiger partial charge in [-0.1, -0.05) is 43.7 Å². The van der Waals surface area contributed by atoms with E-state index in [4.69, 9.17) is 0 Å². The molecule has 0 bridgehead atoms. The number of fused-ring (bicyclic) bond motifs is 2. The second kappa shape index (κ2) is 14.0. The van der Waals surface area contributed by atoms with Crippen LogP contribution < -0.4 is 4.90 Å². The zero-order chi connectivity index (χ0) is 39.4. The Labute approximate surface area is 301 Å². The van der Waals surface area contributed by atoms with Crippen molar-refractivity contribution in [2.75, 3.05) is 29.5 Å². The maximum atomic E-state index is 15.4. The van der Waals surface area contributed by atoms with E-state index < -0.39 is 97.3 Å². The lowest BCUT2D eigenvalue weighted by Gasteiger charge is -2.26. The standard InChI is InChI=1S/C32H36F2N2O12S4/c1-20(8-6-10-27-31(2,3)23-16-21(51(43,44)45)18-25(33)29(23)35(27)12-14-49(37,38)39)9-7-11-28-32(4,5)24-17-22(52(46,47)48)19-26(34)30(24)36(28)13-15-50(40,41)42/h6-11,16-19H,12-15H2,1-5H3,(H3-,37,38,39,40,41,42,43,44,45,46,47,48)/p+1/i33-1,34-1. The van der Waals surface area contributed by atoms with Gasteiger partial charge in [0.05, 0.1) is 26.6 Å². The molecule has 0 unspecified atom stereocenters. The third kappa shape index (κ3) is 8.76. The van der Waals surface area contributed by atoms with Gasteiger partial charge in [-0.3, -0.25) is 18.2 Å². The van der Waals surface area contributed by atoms with Crippen LogP contribution in [0.1, 0.15) is 45.7 Å². The fraction of sp³-hybridized carbons (Fsp3) is 0.344. The van der Waals surface area contributed by atoms with Crippen LogP contribution in [-0.4, -0.2) is 86.8 Å². The van der Waals surface area contributed by atoms with Crippen LogP contribution >= 0.6 is 0 Å². The highest BCUT2D eigenvalue weighted by Gasteiger charge is 2.47. The van der Waals surface area contributed by atoms with Gasteiger partial charge in [-0.2, -0.15) is 42.6 Å². The molecule has 0 spiro atoms. The van der Waals surface area contributed by atoms with Gasteiger partial charge in [0, 0.05) is 35.4 Å². The predicted octanol–water partition coefficient (Wildman–Crippen LogP) is 4.35. The van der Waals surface area contributed by atoms with E-state index in [0.29, 0.717) is 29.1 Å². The second-order valence-electron chi connectivity index (χ2n) is 13.2. The Morgan fingerprint density at radius 1 is 0.769 bits per heavy atom. The summed E-state index contributed by atoms with van der Waals surface area (Å²) in [6, 6.07) is 3.39. The minimum atomic E-state index is -4.79. The molecule has 0 radical (unpaired) electrons. The molecule has 2 aromatic carbocycles. The molecule has 2 aromatic rings. The molecule has 0 atom stereocenters. The molecule has 14 nitrogen and oxygen atoms in total. The van der Waals surface area contributed by atoms with Crippen LogP contribution in [0.2, 0.25) is 0 Å². The molecular formula is C32H37F2N2O12S4+. The topological polar surface area (TPSA) is 224 Å². The lowest BCUT2D eigenvalue weighted by Crippen LogP contribution is -2.30. The van der Waals surface area contributed by atoms with Crippen molar-refractivity contribution in [2.24, 2.45) is 0 Å². The van der Waals surface area contributed by atoms with Crippen molar-refractivity contribution in [1.82, 2.24) is 0 Å². The van der Waals surface area contributed by atoms with Crippen molar-refractivity contribution in [3.63, 3.8) is 0 Å². The number of nitrogens with zero attached hydrogens (tertiary/aromatic N) is 2. The van der Waals surface area contributed by atoms with Crippen LogP contribution in [0.4, 0.5) is 20.2 Å². The van der Waals surface area contributed by atoms with Gasteiger partial charge in [0.1, 0.15) is 11.6 Å². The van der Waals surface area contributed by atoms with Crippen LogP contribution in [0, 0.1) is 11.6 Å². The van der Waals surface area contributed by atoms with Gasteiger partial charge >= 0.3 is 0 Å². The third-order valence-electron chi connectivity index (χ3n) is 8.79. The molecule has 52 heavy (non-hydrogen) atoms. The van der Waals surface area contributed by atoms with Gasteiger partial charge in [-0.05, 0) is 50.6 Å². The van der Waals surface area contributed by atoms with Crippen LogP contribution in [0.3, 0.4) is 0 Å². The molecule has 2 heterocycles. The molecule has 20 heteroatoms. The number of benzene rings is 2. The first kappa shape index (κ1) is 41.1. The van der Waals surface area contributed by atoms with Crippen LogP contribution in [-0.2, 0) is 51.3 Å². The van der Waals surface area contributed by atoms with Crippen molar-refractivity contribution in [1.29, 1.82) is 0 Å². The second-order valence-corrected chi connectivity index (χ2v) is 19.2. The molecule has 2 aliphatic heterocycles. The summed E-state index contributed by atoms with van der Waals surface area (Å²) in [7, 11) is -18.6. The summed E-state index contributed by atoms with van der Waals surface area (Å²) in [6.07, 6.45) is 9.41. The third-order valence-corrected chi connectivity index (χ3v) is 11.9. The van der Waals surface area contributed by atoms with Gasteiger partial charge < -0.3 is 4.90 Å². The molecular weight excluding hydrogens is 769 g/mol. The zero-order valence-electron chi connectivity index (χ0n) is 28.4. The van der Waals surface area contributed by atoms with Gasteiger partial charge in [0.25, 0.3) is 40.5 Å². The van der Waals surface area contributed by atoms with E-state index >= 15 is 8.78 Å². The number of halogens is 2. The summed E-state index contributed by atoms with van der Waals surface area (Å²) < 4.78 is 164. The monoisotopic (exact) mass is 805 g/mol. The summed E-state index contributed by atoms with van der Waals surface area (Å²) in [6.45, 7) is 7.42. The van der Waals surface area contributed by atoms with E-state index in [-0.39, 0.29) is 22.5 Å². The molecule has 0 aliphatic carbocycles. The molecule has 0 fully saturated rings. The normalized spacial score (nSPS) is 18.6. The summed E-state index contributed by atoms with van der Waals surface area (Å²) in [5.74, 6) is -3.66. The number of hydrogen-bond donors (Lipinski definition) is 4. The molecule has 4 rings (SSSR count). The van der Waals surface area contributed by atoms with Crippen LogP contribution in [0.15, 0.2) is 81.8 Å². The highest BCUT2D eigenvalue weighted by atomic mass is 32.2. The summed E-state index contributed by atoms with van der Waals surface area (Å²) in [5.41, 5.74) is -0.954. The highest BCUT2D eigenvalue weighted by Crippen LogP contribution is 2.50. The van der Waals surface area contributed by atoms with Crippen molar-refractivity contribution in [3.8, 4) is 0 Å². The highest BCUT2D eigenvalue weighted by molar-refractivity contribution is 7.86. The Kier molecular flexibility index (Phi) is 11.1. The quantitative estimate of drug-likeness (QED) is 0.133. The van der Waals surface area contributed by atoms with Crippen molar-refractivity contribution < 1.29 is 65.2 Å². The van der Waals surface area contributed by atoms with Gasteiger partial charge in [-0.25, -0.2) is 4.39 Å². The fourth-order valence-electron chi connectivity index (χ4n) is 6.25. The van der Waals surface area contributed by atoms with E-state index in [1.165, 1.54) is 21.6 Å². The summed E-state index contributed by atoms with van der Waals surface area (Å²) >= 11 is 0. The van der Waals surface area contributed by atoms with E-state index in [1.807, 2.05) is 0 Å². The maximum Gasteiger partial charge on any atom is 0.294 e. The SMILES string of the molecule is CC(/C=C/C=C1/N(CCS(=O)(=O)O)c2c([18F])cc(S(=O)(=O)O)cc2C1(C)C)=C\C=C\C1=[N+](CCS(=O)(=O)O)c2c([18F])cc(S(=O)(=O)O)cc2C1(C)C. The molecule has 0 saturated heterocycles. The minimum absolute atomic E-state index is 0.133. The van der Waals surface area contributed by atoms with Crippen molar-refractivity contribution in [3.05, 3.63) is 94.8 Å². The molecule has 0 amide bonds. The molecule has 2 aliphatic rings. The average Bonchev–Trinajstić information content (AvgIpc) is 3.32. The van der Waals surface area contributed by atoms with Crippen LogP contribution in [0.5, 0.6) is 0 Å². The Morgan fingerprint density at radius 2 is 1.31 bits per heavy atom. The summed E-state index contributed by atoms with van der Waals surface area (Å²) in [4.78, 5) is -0.100. The number of rotatable bonds is 12. The largest absolute Gasteiger partial charge is 0.340 e. The zero-order valence-corrected chi connectivity index (χ0v) is 31.7. The number of anilines is 1. The van der Waals surface area contributed by atoms with Crippen molar-refractivity contribution in [2.45, 2.75) is 55.2 Å². The molecule has 284 valence electrons. The Morgan fingerprint density at radius 3 is 1.85 bits per heavy atom. The maximum absolute atomic E-state index is 15.4.